The number of benzene rings is 1. The largest absolute Gasteiger partial charge is 0.388 e. The van der Waals surface area contributed by atoms with E-state index in [-0.39, 0.29) is 0 Å². The molecule has 2 N–H and O–H groups in total. The molecule has 0 amide bonds. The van der Waals surface area contributed by atoms with Crippen molar-refractivity contribution in [3.63, 3.8) is 0 Å². The molecule has 0 bridgehead atoms. The van der Waals surface area contributed by atoms with Crippen molar-refractivity contribution >= 4 is 17.3 Å². The standard InChI is InChI=1S/C13H17ClN2O/c1-3-13(17,4-2)9-16-11-6-5-10(8-15)12(14)7-11/h5-7,16-17H,3-4,9H2,1-2H3. The normalized spacial score (nSPS) is 11.0. The number of nitrogens with zero attached hydrogens (tertiary/aromatic N) is 1. The van der Waals surface area contributed by atoms with Gasteiger partial charge in [0.1, 0.15) is 6.07 Å². The summed E-state index contributed by atoms with van der Waals surface area (Å²) < 4.78 is 0. The number of aliphatic hydroxyl groups is 1. The second-order valence-electron chi connectivity index (χ2n) is 4.09. The molecule has 0 radical (unpaired) electrons. The highest BCUT2D eigenvalue weighted by Gasteiger charge is 2.21. The summed E-state index contributed by atoms with van der Waals surface area (Å²) in [5.41, 5.74) is 0.577. The topological polar surface area (TPSA) is 56.0 Å². The minimum Gasteiger partial charge on any atom is -0.388 e. The van der Waals surface area contributed by atoms with Gasteiger partial charge in [0, 0.05) is 12.2 Å². The van der Waals surface area contributed by atoms with Crippen molar-refractivity contribution in [3.05, 3.63) is 28.8 Å². The van der Waals surface area contributed by atoms with Crippen LogP contribution in [0.3, 0.4) is 0 Å². The Hall–Kier alpha value is -1.24. The lowest BCUT2D eigenvalue weighted by atomic mass is 9.97. The zero-order valence-electron chi connectivity index (χ0n) is 10.1. The zero-order chi connectivity index (χ0) is 12.9. The van der Waals surface area contributed by atoms with Gasteiger partial charge < -0.3 is 10.4 Å². The highest BCUT2D eigenvalue weighted by atomic mass is 35.5. The molecule has 0 unspecified atom stereocenters. The van der Waals surface area contributed by atoms with Crippen molar-refractivity contribution in [1.82, 2.24) is 0 Å². The zero-order valence-corrected chi connectivity index (χ0v) is 10.9. The Labute approximate surface area is 107 Å². The Kier molecular flexibility index (Phi) is 4.80. The van der Waals surface area contributed by atoms with E-state index in [1.54, 1.807) is 18.2 Å². The molecule has 0 saturated carbocycles. The molecule has 3 nitrogen and oxygen atoms in total. The molecule has 0 aliphatic carbocycles. The summed E-state index contributed by atoms with van der Waals surface area (Å²) >= 11 is 5.92. The van der Waals surface area contributed by atoms with E-state index in [1.165, 1.54) is 0 Å². The second-order valence-corrected chi connectivity index (χ2v) is 4.50. The first kappa shape index (κ1) is 13.8. The van der Waals surface area contributed by atoms with E-state index in [4.69, 9.17) is 16.9 Å². The van der Waals surface area contributed by atoms with Gasteiger partial charge in [-0.1, -0.05) is 25.4 Å². The minimum absolute atomic E-state index is 0.425. The lowest BCUT2D eigenvalue weighted by Gasteiger charge is -2.26. The predicted octanol–water partition coefficient (Wildman–Crippen LogP) is 3.17. The Morgan fingerprint density at radius 1 is 1.41 bits per heavy atom. The highest BCUT2D eigenvalue weighted by molar-refractivity contribution is 6.32. The van der Waals surface area contributed by atoms with Gasteiger partial charge >= 0.3 is 0 Å². The predicted molar refractivity (Wildman–Crippen MR) is 70.2 cm³/mol. The van der Waals surface area contributed by atoms with E-state index in [0.717, 1.165) is 5.69 Å². The van der Waals surface area contributed by atoms with Gasteiger partial charge in [-0.15, -0.1) is 0 Å². The molecule has 0 spiro atoms. The fourth-order valence-corrected chi connectivity index (χ4v) is 1.71. The molecule has 0 saturated heterocycles. The summed E-state index contributed by atoms with van der Waals surface area (Å²) in [5.74, 6) is 0. The van der Waals surface area contributed by atoms with E-state index in [1.807, 2.05) is 19.9 Å². The third-order valence-electron chi connectivity index (χ3n) is 3.03. The smallest absolute Gasteiger partial charge is 0.101 e. The van der Waals surface area contributed by atoms with Crippen LogP contribution in [0.15, 0.2) is 18.2 Å². The van der Waals surface area contributed by atoms with Crippen LogP contribution in [-0.4, -0.2) is 17.3 Å². The Morgan fingerprint density at radius 2 is 2.06 bits per heavy atom. The third-order valence-corrected chi connectivity index (χ3v) is 3.34. The summed E-state index contributed by atoms with van der Waals surface area (Å²) in [5, 5.41) is 22.4. The Bertz CT molecular complexity index is 422. The van der Waals surface area contributed by atoms with Crippen molar-refractivity contribution < 1.29 is 5.11 Å². The summed E-state index contributed by atoms with van der Waals surface area (Å²) in [6, 6.07) is 7.16. The van der Waals surface area contributed by atoms with Crippen molar-refractivity contribution in [1.29, 1.82) is 5.26 Å². The van der Waals surface area contributed by atoms with Crippen LogP contribution in [0.4, 0.5) is 5.69 Å². The van der Waals surface area contributed by atoms with Crippen molar-refractivity contribution in [2.75, 3.05) is 11.9 Å². The van der Waals surface area contributed by atoms with Gasteiger partial charge in [-0.05, 0) is 31.0 Å². The average Bonchev–Trinajstić information content (AvgIpc) is 2.36. The SMILES string of the molecule is CCC(O)(CC)CNc1ccc(C#N)c(Cl)c1. The van der Waals surface area contributed by atoms with Crippen molar-refractivity contribution in [3.8, 4) is 6.07 Å². The van der Waals surface area contributed by atoms with Crippen LogP contribution >= 0.6 is 11.6 Å². The van der Waals surface area contributed by atoms with Gasteiger partial charge in [0.2, 0.25) is 0 Å². The molecule has 0 aliphatic rings. The number of hydrogen-bond donors (Lipinski definition) is 2. The van der Waals surface area contributed by atoms with Gasteiger partial charge in [0.05, 0.1) is 16.2 Å². The molecule has 1 aromatic carbocycles. The quantitative estimate of drug-likeness (QED) is 0.846. The molecule has 1 rings (SSSR count). The molecule has 92 valence electrons. The highest BCUT2D eigenvalue weighted by Crippen LogP contribution is 2.22. The molecule has 1 aromatic rings. The van der Waals surface area contributed by atoms with Crippen LogP contribution in [0.1, 0.15) is 32.3 Å². The van der Waals surface area contributed by atoms with Crippen LogP contribution in [0.2, 0.25) is 5.02 Å². The molecule has 4 heteroatoms. The van der Waals surface area contributed by atoms with Crippen molar-refractivity contribution in [2.45, 2.75) is 32.3 Å². The molecule has 0 aliphatic heterocycles. The van der Waals surface area contributed by atoms with Crippen molar-refractivity contribution in [2.24, 2.45) is 0 Å². The van der Waals surface area contributed by atoms with Crippen LogP contribution in [-0.2, 0) is 0 Å². The average molecular weight is 253 g/mol. The molecular formula is C13H17ClN2O. The van der Waals surface area contributed by atoms with Crippen LogP contribution in [0, 0.1) is 11.3 Å². The summed E-state index contributed by atoms with van der Waals surface area (Å²) in [6.07, 6.45) is 1.39. The van der Waals surface area contributed by atoms with E-state index >= 15 is 0 Å². The summed E-state index contributed by atoms with van der Waals surface area (Å²) in [7, 11) is 0. The number of hydrogen-bond acceptors (Lipinski definition) is 3. The number of halogens is 1. The number of anilines is 1. The van der Waals surface area contributed by atoms with Crippen LogP contribution in [0.5, 0.6) is 0 Å². The van der Waals surface area contributed by atoms with Crippen LogP contribution in [0.25, 0.3) is 0 Å². The Balaban J connectivity index is 2.71. The van der Waals surface area contributed by atoms with E-state index in [0.29, 0.717) is 30.0 Å². The number of rotatable bonds is 5. The monoisotopic (exact) mass is 252 g/mol. The third kappa shape index (κ3) is 3.62. The minimum atomic E-state index is -0.694. The first-order valence-electron chi connectivity index (χ1n) is 5.70. The first-order valence-corrected chi connectivity index (χ1v) is 6.08. The molecule has 0 fully saturated rings. The molecular weight excluding hydrogens is 236 g/mol. The number of nitriles is 1. The van der Waals surface area contributed by atoms with Gasteiger partial charge in [-0.3, -0.25) is 0 Å². The van der Waals surface area contributed by atoms with E-state index < -0.39 is 5.60 Å². The maximum Gasteiger partial charge on any atom is 0.101 e. The lowest BCUT2D eigenvalue weighted by molar-refractivity contribution is 0.0457. The maximum absolute atomic E-state index is 10.1. The fourth-order valence-electron chi connectivity index (χ4n) is 1.48. The summed E-state index contributed by atoms with van der Waals surface area (Å²) in [6.45, 7) is 4.39. The van der Waals surface area contributed by atoms with Gasteiger partial charge in [0.25, 0.3) is 0 Å². The Morgan fingerprint density at radius 3 is 2.53 bits per heavy atom. The fraction of sp³-hybridized carbons (Fsp3) is 0.462. The molecule has 0 heterocycles. The van der Waals surface area contributed by atoms with E-state index in [2.05, 4.69) is 5.32 Å². The molecule has 0 atom stereocenters. The van der Waals surface area contributed by atoms with Gasteiger partial charge in [-0.2, -0.15) is 5.26 Å². The lowest BCUT2D eigenvalue weighted by Crippen LogP contribution is -2.35. The molecule has 0 aromatic heterocycles. The second kappa shape index (κ2) is 5.90. The van der Waals surface area contributed by atoms with E-state index in [9.17, 15) is 5.11 Å². The van der Waals surface area contributed by atoms with Gasteiger partial charge in [-0.25, -0.2) is 0 Å². The maximum atomic E-state index is 10.1. The molecule has 17 heavy (non-hydrogen) atoms. The summed E-state index contributed by atoms with van der Waals surface area (Å²) in [4.78, 5) is 0. The first-order chi connectivity index (χ1) is 8.04. The van der Waals surface area contributed by atoms with Gasteiger partial charge in [0.15, 0.2) is 0 Å². The number of nitrogens with one attached hydrogen (secondary N) is 1. The van der Waals surface area contributed by atoms with Crippen LogP contribution < -0.4 is 5.32 Å².